The summed E-state index contributed by atoms with van der Waals surface area (Å²) < 4.78 is 5.39. The highest BCUT2D eigenvalue weighted by Crippen LogP contribution is 2.30. The second kappa shape index (κ2) is 5.19. The van der Waals surface area contributed by atoms with Gasteiger partial charge in [0.2, 0.25) is 0 Å². The van der Waals surface area contributed by atoms with Crippen molar-refractivity contribution in [3.05, 3.63) is 47.2 Å². The van der Waals surface area contributed by atoms with Crippen molar-refractivity contribution in [2.45, 2.75) is 20.4 Å². The largest absolute Gasteiger partial charge is 0.496 e. The van der Waals surface area contributed by atoms with E-state index in [1.54, 1.807) is 7.11 Å². The Hall–Kier alpha value is -1.87. The molecule has 0 atom stereocenters. The Labute approximate surface area is 108 Å². The molecule has 0 bridgehead atoms. The van der Waals surface area contributed by atoms with Crippen LogP contribution in [0.1, 0.15) is 16.8 Å². The van der Waals surface area contributed by atoms with E-state index < -0.39 is 0 Å². The third-order valence-electron chi connectivity index (χ3n) is 3.05. The number of aryl methyl sites for hydroxylation is 2. The van der Waals surface area contributed by atoms with Crippen LogP contribution in [0.25, 0.3) is 11.3 Å². The van der Waals surface area contributed by atoms with Gasteiger partial charge in [-0.05, 0) is 37.6 Å². The van der Waals surface area contributed by atoms with Crippen LogP contribution in [0.15, 0.2) is 30.3 Å². The topological polar surface area (TPSA) is 48.1 Å². The van der Waals surface area contributed by atoms with E-state index in [4.69, 9.17) is 10.5 Å². The van der Waals surface area contributed by atoms with Gasteiger partial charge in [0.05, 0.1) is 12.8 Å². The summed E-state index contributed by atoms with van der Waals surface area (Å²) in [4.78, 5) is 4.60. The predicted molar refractivity (Wildman–Crippen MR) is 73.6 cm³/mol. The number of nitrogens with zero attached hydrogens (tertiary/aromatic N) is 1. The van der Waals surface area contributed by atoms with Crippen molar-refractivity contribution >= 4 is 0 Å². The van der Waals surface area contributed by atoms with E-state index >= 15 is 0 Å². The molecule has 0 aliphatic heterocycles. The van der Waals surface area contributed by atoms with Crippen LogP contribution in [0.3, 0.4) is 0 Å². The maximum absolute atomic E-state index is 5.65. The van der Waals surface area contributed by atoms with Crippen LogP contribution < -0.4 is 10.5 Å². The Morgan fingerprint density at radius 1 is 1.17 bits per heavy atom. The second-order valence-electron chi connectivity index (χ2n) is 4.35. The van der Waals surface area contributed by atoms with Gasteiger partial charge in [0, 0.05) is 17.8 Å². The lowest BCUT2D eigenvalue weighted by Gasteiger charge is -2.11. The Morgan fingerprint density at radius 2 is 1.94 bits per heavy atom. The van der Waals surface area contributed by atoms with Crippen LogP contribution in [0.5, 0.6) is 5.75 Å². The van der Waals surface area contributed by atoms with Crippen molar-refractivity contribution in [2.24, 2.45) is 5.73 Å². The van der Waals surface area contributed by atoms with E-state index in [0.29, 0.717) is 6.54 Å². The van der Waals surface area contributed by atoms with Crippen molar-refractivity contribution in [2.75, 3.05) is 7.11 Å². The summed E-state index contributed by atoms with van der Waals surface area (Å²) in [5.74, 6) is 0.841. The van der Waals surface area contributed by atoms with Crippen molar-refractivity contribution in [1.82, 2.24) is 4.98 Å². The molecule has 1 heterocycles. The fourth-order valence-electron chi connectivity index (χ4n) is 1.98. The van der Waals surface area contributed by atoms with Crippen LogP contribution in [-0.4, -0.2) is 12.1 Å². The number of aromatic nitrogens is 1. The molecule has 3 nitrogen and oxygen atoms in total. The summed E-state index contributed by atoms with van der Waals surface area (Å²) in [6.07, 6.45) is 0. The maximum Gasteiger partial charge on any atom is 0.128 e. The van der Waals surface area contributed by atoms with Crippen LogP contribution in [-0.2, 0) is 6.54 Å². The quantitative estimate of drug-likeness (QED) is 0.900. The minimum atomic E-state index is 0.518. The highest BCUT2D eigenvalue weighted by Gasteiger charge is 2.08. The molecule has 0 spiro atoms. The zero-order valence-corrected chi connectivity index (χ0v) is 11.0. The van der Waals surface area contributed by atoms with Crippen molar-refractivity contribution < 1.29 is 4.74 Å². The van der Waals surface area contributed by atoms with Gasteiger partial charge in [-0.15, -0.1) is 0 Å². The number of hydrogen-bond donors (Lipinski definition) is 1. The second-order valence-corrected chi connectivity index (χ2v) is 4.35. The van der Waals surface area contributed by atoms with Gasteiger partial charge in [-0.1, -0.05) is 17.7 Å². The van der Waals surface area contributed by atoms with Crippen molar-refractivity contribution in [1.29, 1.82) is 0 Å². The first-order valence-electron chi connectivity index (χ1n) is 5.97. The van der Waals surface area contributed by atoms with Gasteiger partial charge in [-0.3, -0.25) is 4.98 Å². The van der Waals surface area contributed by atoms with Crippen LogP contribution in [0.4, 0.5) is 0 Å². The molecule has 0 aliphatic carbocycles. The Morgan fingerprint density at radius 3 is 2.56 bits per heavy atom. The molecule has 0 unspecified atom stereocenters. The minimum Gasteiger partial charge on any atom is -0.496 e. The number of hydrogen-bond acceptors (Lipinski definition) is 3. The Bertz CT molecular complexity index is 564. The minimum absolute atomic E-state index is 0.518. The third-order valence-corrected chi connectivity index (χ3v) is 3.05. The van der Waals surface area contributed by atoms with E-state index in [0.717, 1.165) is 28.3 Å². The number of methoxy groups -OCH3 is 1. The van der Waals surface area contributed by atoms with Gasteiger partial charge in [-0.25, -0.2) is 0 Å². The predicted octanol–water partition coefficient (Wildman–Crippen LogP) is 2.83. The molecule has 0 radical (unpaired) electrons. The lowest BCUT2D eigenvalue weighted by atomic mass is 10.1. The standard InChI is InChI=1S/C15H18N2O/c1-10-4-7-15(18-3)13(8-10)14-6-5-12(9-16)11(2)17-14/h4-8H,9,16H2,1-3H3. The van der Waals surface area contributed by atoms with Crippen molar-refractivity contribution in [3.63, 3.8) is 0 Å². The lowest BCUT2D eigenvalue weighted by Crippen LogP contribution is -2.01. The first-order valence-corrected chi connectivity index (χ1v) is 5.97. The van der Waals surface area contributed by atoms with E-state index in [-0.39, 0.29) is 0 Å². The number of pyridine rings is 1. The monoisotopic (exact) mass is 242 g/mol. The zero-order valence-electron chi connectivity index (χ0n) is 11.0. The fraction of sp³-hybridized carbons (Fsp3) is 0.267. The SMILES string of the molecule is COc1ccc(C)cc1-c1ccc(CN)c(C)n1. The molecule has 1 aromatic carbocycles. The molecule has 0 amide bonds. The number of nitrogens with two attached hydrogens (primary N) is 1. The molecule has 2 N–H and O–H groups in total. The first kappa shape index (κ1) is 12.6. The van der Waals surface area contributed by atoms with Gasteiger partial charge in [-0.2, -0.15) is 0 Å². The fourth-order valence-corrected chi connectivity index (χ4v) is 1.98. The molecule has 3 heteroatoms. The van der Waals surface area contributed by atoms with E-state index in [1.807, 2.05) is 31.2 Å². The smallest absolute Gasteiger partial charge is 0.128 e. The highest BCUT2D eigenvalue weighted by molar-refractivity contribution is 5.68. The molecule has 0 aliphatic rings. The molecule has 2 aromatic rings. The number of benzene rings is 1. The van der Waals surface area contributed by atoms with E-state index in [9.17, 15) is 0 Å². The average Bonchev–Trinajstić information content (AvgIpc) is 2.38. The molecule has 94 valence electrons. The van der Waals surface area contributed by atoms with Gasteiger partial charge in [0.1, 0.15) is 5.75 Å². The molecule has 2 rings (SSSR count). The molecule has 18 heavy (non-hydrogen) atoms. The summed E-state index contributed by atoms with van der Waals surface area (Å²) in [7, 11) is 1.68. The zero-order chi connectivity index (χ0) is 13.1. The molecule has 0 fully saturated rings. The highest BCUT2D eigenvalue weighted by atomic mass is 16.5. The van der Waals surface area contributed by atoms with E-state index in [2.05, 4.69) is 18.0 Å². The number of rotatable bonds is 3. The van der Waals surface area contributed by atoms with Gasteiger partial charge >= 0.3 is 0 Å². The molecule has 0 saturated carbocycles. The normalized spacial score (nSPS) is 10.4. The lowest BCUT2D eigenvalue weighted by molar-refractivity contribution is 0.416. The summed E-state index contributed by atoms with van der Waals surface area (Å²) in [5.41, 5.74) is 10.8. The van der Waals surface area contributed by atoms with Crippen LogP contribution >= 0.6 is 0 Å². The summed E-state index contributed by atoms with van der Waals surface area (Å²) in [6, 6.07) is 10.1. The van der Waals surface area contributed by atoms with Crippen molar-refractivity contribution in [3.8, 4) is 17.0 Å². The summed E-state index contributed by atoms with van der Waals surface area (Å²) in [6.45, 7) is 4.56. The Kier molecular flexibility index (Phi) is 3.63. The first-order chi connectivity index (χ1) is 8.65. The van der Waals surface area contributed by atoms with Crippen LogP contribution in [0, 0.1) is 13.8 Å². The maximum atomic E-state index is 5.65. The van der Waals surface area contributed by atoms with E-state index in [1.165, 1.54) is 5.56 Å². The van der Waals surface area contributed by atoms with Gasteiger partial charge in [0.25, 0.3) is 0 Å². The molecule has 0 saturated heterocycles. The van der Waals surface area contributed by atoms with Gasteiger partial charge < -0.3 is 10.5 Å². The van der Waals surface area contributed by atoms with Gasteiger partial charge in [0.15, 0.2) is 0 Å². The number of ether oxygens (including phenoxy) is 1. The summed E-state index contributed by atoms with van der Waals surface area (Å²) >= 11 is 0. The summed E-state index contributed by atoms with van der Waals surface area (Å²) in [5, 5.41) is 0. The Balaban J connectivity index is 2.54. The molecule has 1 aromatic heterocycles. The average molecular weight is 242 g/mol. The molecular weight excluding hydrogens is 224 g/mol. The van der Waals surface area contributed by atoms with Crippen LogP contribution in [0.2, 0.25) is 0 Å². The molecular formula is C15H18N2O. The third kappa shape index (κ3) is 2.36.